The number of fused-ring (bicyclic) bond motifs is 2. The van der Waals surface area contributed by atoms with E-state index >= 15 is 0 Å². The van der Waals surface area contributed by atoms with Crippen molar-refractivity contribution in [1.29, 1.82) is 0 Å². The van der Waals surface area contributed by atoms with Gasteiger partial charge in [-0.3, -0.25) is 0 Å². The fraction of sp³-hybridized carbons (Fsp3) is 0.217. The van der Waals surface area contributed by atoms with Crippen molar-refractivity contribution in [2.75, 3.05) is 18.4 Å². The van der Waals surface area contributed by atoms with Crippen molar-refractivity contribution in [1.82, 2.24) is 14.9 Å². The SMILES string of the molecule is O=C(Nc1ccc2ccccc2c1)N1CCCC(c2nc3ccccc3[nH]2)C1. The van der Waals surface area contributed by atoms with Gasteiger partial charge in [-0.25, -0.2) is 9.78 Å². The van der Waals surface area contributed by atoms with Crippen LogP contribution < -0.4 is 5.32 Å². The lowest BCUT2D eigenvalue weighted by Gasteiger charge is -2.31. The molecule has 2 N–H and O–H groups in total. The summed E-state index contributed by atoms with van der Waals surface area (Å²) in [7, 11) is 0. The smallest absolute Gasteiger partial charge is 0.321 e. The van der Waals surface area contributed by atoms with E-state index in [1.54, 1.807) is 0 Å². The minimum atomic E-state index is -0.0453. The fourth-order valence-electron chi connectivity index (χ4n) is 4.02. The molecule has 3 aromatic carbocycles. The number of aromatic amines is 1. The Morgan fingerprint density at radius 2 is 1.86 bits per heavy atom. The van der Waals surface area contributed by atoms with Crippen LogP contribution >= 0.6 is 0 Å². The third-order valence-corrected chi connectivity index (χ3v) is 5.50. The molecule has 1 saturated heterocycles. The number of rotatable bonds is 2. The van der Waals surface area contributed by atoms with E-state index in [2.05, 4.69) is 22.4 Å². The van der Waals surface area contributed by atoms with Gasteiger partial charge in [0.15, 0.2) is 0 Å². The van der Waals surface area contributed by atoms with Gasteiger partial charge in [0.2, 0.25) is 0 Å². The molecule has 1 aliphatic rings. The Balaban J connectivity index is 1.31. The van der Waals surface area contributed by atoms with Gasteiger partial charge in [0.1, 0.15) is 5.82 Å². The second-order valence-electron chi connectivity index (χ2n) is 7.42. The molecule has 5 rings (SSSR count). The molecular weight excluding hydrogens is 348 g/mol. The summed E-state index contributed by atoms with van der Waals surface area (Å²) >= 11 is 0. The lowest BCUT2D eigenvalue weighted by Crippen LogP contribution is -2.41. The molecule has 0 aliphatic carbocycles. The first-order chi connectivity index (χ1) is 13.8. The topological polar surface area (TPSA) is 61.0 Å². The Morgan fingerprint density at radius 1 is 1.04 bits per heavy atom. The maximum absolute atomic E-state index is 12.8. The summed E-state index contributed by atoms with van der Waals surface area (Å²) in [5.74, 6) is 1.22. The highest BCUT2D eigenvalue weighted by Gasteiger charge is 2.26. The molecule has 1 unspecified atom stereocenters. The summed E-state index contributed by atoms with van der Waals surface area (Å²) in [6, 6.07) is 22.2. The van der Waals surface area contributed by atoms with E-state index in [-0.39, 0.29) is 11.9 Å². The van der Waals surface area contributed by atoms with Crippen LogP contribution in [0.3, 0.4) is 0 Å². The zero-order chi connectivity index (χ0) is 18.9. The van der Waals surface area contributed by atoms with Crippen LogP contribution in [-0.4, -0.2) is 34.0 Å². The molecule has 5 nitrogen and oxygen atoms in total. The van der Waals surface area contributed by atoms with Gasteiger partial charge in [-0.15, -0.1) is 0 Å². The molecule has 1 fully saturated rings. The molecule has 2 heterocycles. The Kier molecular flexibility index (Phi) is 4.20. The first kappa shape index (κ1) is 16.8. The number of carbonyl (C=O) groups excluding carboxylic acids is 1. The number of amides is 2. The number of nitrogens with one attached hydrogen (secondary N) is 2. The molecule has 0 radical (unpaired) electrons. The van der Waals surface area contributed by atoms with Gasteiger partial charge < -0.3 is 15.2 Å². The third-order valence-electron chi connectivity index (χ3n) is 5.50. The van der Waals surface area contributed by atoms with Crippen LogP contribution in [0.1, 0.15) is 24.6 Å². The van der Waals surface area contributed by atoms with Crippen molar-refractivity contribution in [3.8, 4) is 0 Å². The van der Waals surface area contributed by atoms with E-state index in [0.717, 1.165) is 47.3 Å². The van der Waals surface area contributed by atoms with E-state index in [1.807, 2.05) is 59.5 Å². The number of para-hydroxylation sites is 2. The quantitative estimate of drug-likeness (QED) is 0.514. The molecule has 0 spiro atoms. The van der Waals surface area contributed by atoms with Crippen LogP contribution in [0, 0.1) is 0 Å². The van der Waals surface area contributed by atoms with Crippen molar-refractivity contribution >= 4 is 33.5 Å². The second kappa shape index (κ2) is 7.00. The van der Waals surface area contributed by atoms with Gasteiger partial charge in [0.05, 0.1) is 11.0 Å². The number of hydrogen-bond donors (Lipinski definition) is 2. The summed E-state index contributed by atoms with van der Waals surface area (Å²) < 4.78 is 0. The van der Waals surface area contributed by atoms with E-state index in [9.17, 15) is 4.79 Å². The first-order valence-corrected chi connectivity index (χ1v) is 9.76. The monoisotopic (exact) mass is 370 g/mol. The molecule has 28 heavy (non-hydrogen) atoms. The van der Waals surface area contributed by atoms with Gasteiger partial charge in [-0.2, -0.15) is 0 Å². The van der Waals surface area contributed by atoms with Crippen LogP contribution in [0.15, 0.2) is 66.7 Å². The highest BCUT2D eigenvalue weighted by Crippen LogP contribution is 2.27. The molecule has 0 bridgehead atoms. The molecule has 1 atom stereocenters. The van der Waals surface area contributed by atoms with E-state index in [0.29, 0.717) is 6.54 Å². The summed E-state index contributed by atoms with van der Waals surface area (Å²) in [5, 5.41) is 5.35. The lowest BCUT2D eigenvalue weighted by molar-refractivity contribution is 0.191. The van der Waals surface area contributed by atoms with Crippen molar-refractivity contribution in [3.63, 3.8) is 0 Å². The zero-order valence-corrected chi connectivity index (χ0v) is 15.6. The van der Waals surface area contributed by atoms with Gasteiger partial charge in [0.25, 0.3) is 0 Å². The Labute approximate surface area is 163 Å². The summed E-state index contributed by atoms with van der Waals surface area (Å²) in [6.07, 6.45) is 2.02. The lowest BCUT2D eigenvalue weighted by atomic mass is 9.97. The summed E-state index contributed by atoms with van der Waals surface area (Å²) in [5.41, 5.74) is 2.86. The van der Waals surface area contributed by atoms with Crippen LogP contribution in [0.2, 0.25) is 0 Å². The molecule has 5 heteroatoms. The van der Waals surface area contributed by atoms with E-state index in [1.165, 1.54) is 5.39 Å². The maximum atomic E-state index is 12.8. The number of nitrogens with zero attached hydrogens (tertiary/aromatic N) is 2. The number of carbonyl (C=O) groups is 1. The van der Waals surface area contributed by atoms with Gasteiger partial charge >= 0.3 is 6.03 Å². The Hall–Kier alpha value is -3.34. The van der Waals surface area contributed by atoms with Crippen LogP contribution in [0.5, 0.6) is 0 Å². The first-order valence-electron chi connectivity index (χ1n) is 9.76. The van der Waals surface area contributed by atoms with E-state index < -0.39 is 0 Å². The predicted octanol–water partition coefficient (Wildman–Crippen LogP) is 5.13. The molecular formula is C23H22N4O. The number of aromatic nitrogens is 2. The number of likely N-dealkylation sites (tertiary alicyclic amines) is 1. The highest BCUT2D eigenvalue weighted by molar-refractivity contribution is 5.93. The number of benzene rings is 3. The van der Waals surface area contributed by atoms with Crippen molar-refractivity contribution in [2.24, 2.45) is 0 Å². The molecule has 2 amide bonds. The van der Waals surface area contributed by atoms with Gasteiger partial charge in [-0.05, 0) is 47.9 Å². The minimum absolute atomic E-state index is 0.0453. The average Bonchev–Trinajstić information content (AvgIpc) is 3.18. The average molecular weight is 370 g/mol. The van der Waals surface area contributed by atoms with Gasteiger partial charge in [-0.1, -0.05) is 42.5 Å². The second-order valence-corrected chi connectivity index (χ2v) is 7.42. The number of urea groups is 1. The number of hydrogen-bond acceptors (Lipinski definition) is 2. The highest BCUT2D eigenvalue weighted by atomic mass is 16.2. The molecule has 0 saturated carbocycles. The molecule has 1 aromatic heterocycles. The Morgan fingerprint density at radius 3 is 2.75 bits per heavy atom. The number of H-pyrrole nitrogens is 1. The van der Waals surface area contributed by atoms with Gasteiger partial charge in [0, 0.05) is 24.7 Å². The molecule has 1 aliphatic heterocycles. The maximum Gasteiger partial charge on any atom is 0.321 e. The normalized spacial score (nSPS) is 17.1. The summed E-state index contributed by atoms with van der Waals surface area (Å²) in [6.45, 7) is 1.45. The zero-order valence-electron chi connectivity index (χ0n) is 15.6. The number of piperidine rings is 1. The van der Waals surface area contributed by atoms with E-state index in [4.69, 9.17) is 4.98 Å². The summed E-state index contributed by atoms with van der Waals surface area (Å²) in [4.78, 5) is 22.9. The largest absolute Gasteiger partial charge is 0.342 e. The van der Waals surface area contributed by atoms with Crippen molar-refractivity contribution in [2.45, 2.75) is 18.8 Å². The standard InChI is InChI=1S/C23H22N4O/c28-23(24-19-12-11-16-6-1-2-7-17(16)14-19)27-13-5-8-18(15-27)22-25-20-9-3-4-10-21(20)26-22/h1-4,6-7,9-12,14,18H,5,8,13,15H2,(H,24,28)(H,25,26). The van der Waals surface area contributed by atoms with Crippen molar-refractivity contribution in [3.05, 3.63) is 72.6 Å². The van der Waals surface area contributed by atoms with Crippen LogP contribution in [0.25, 0.3) is 21.8 Å². The number of anilines is 1. The predicted molar refractivity (Wildman–Crippen MR) is 113 cm³/mol. The minimum Gasteiger partial charge on any atom is -0.342 e. The molecule has 140 valence electrons. The fourth-order valence-corrected chi connectivity index (χ4v) is 4.02. The third kappa shape index (κ3) is 3.20. The van der Waals surface area contributed by atoms with Crippen molar-refractivity contribution < 1.29 is 4.79 Å². The number of imidazole rings is 1. The van der Waals surface area contributed by atoms with Crippen LogP contribution in [0.4, 0.5) is 10.5 Å². The molecule has 4 aromatic rings. The Bertz CT molecular complexity index is 1120. The van der Waals surface area contributed by atoms with Crippen LogP contribution in [-0.2, 0) is 0 Å².